The van der Waals surface area contributed by atoms with Crippen molar-refractivity contribution < 1.29 is 14.2 Å². The van der Waals surface area contributed by atoms with Gasteiger partial charge in [-0.1, -0.05) is 25.1 Å². The molecule has 1 saturated heterocycles. The van der Waals surface area contributed by atoms with Crippen molar-refractivity contribution in [1.29, 1.82) is 0 Å². The molecular formula is C29H45ClN4O3. The van der Waals surface area contributed by atoms with E-state index in [2.05, 4.69) is 28.6 Å². The van der Waals surface area contributed by atoms with Crippen molar-refractivity contribution in [2.24, 2.45) is 5.92 Å². The summed E-state index contributed by atoms with van der Waals surface area (Å²) < 4.78 is 17.0. The van der Waals surface area contributed by atoms with E-state index in [4.69, 9.17) is 30.8 Å². The molecule has 1 aliphatic heterocycles. The first-order valence-corrected chi connectivity index (χ1v) is 13.6. The fourth-order valence-corrected chi connectivity index (χ4v) is 5.48. The Balaban J connectivity index is 0.00000380. The van der Waals surface area contributed by atoms with Crippen LogP contribution >= 0.6 is 11.6 Å². The quantitative estimate of drug-likeness (QED) is 0.402. The van der Waals surface area contributed by atoms with Gasteiger partial charge >= 0.3 is 0 Å². The molecule has 0 amide bonds. The molecule has 2 atom stereocenters. The minimum absolute atomic E-state index is 0. The number of methoxy groups -OCH3 is 1. The maximum Gasteiger partial charge on any atom is 0.126 e. The molecule has 37 heavy (non-hydrogen) atoms. The van der Waals surface area contributed by atoms with Crippen molar-refractivity contribution in [3.05, 3.63) is 41.2 Å². The molecule has 1 unspecified atom stereocenters. The summed E-state index contributed by atoms with van der Waals surface area (Å²) in [5, 5.41) is 7.71. The number of halogens is 1. The second kappa shape index (κ2) is 13.9. The minimum Gasteiger partial charge on any atom is -0.383 e. The van der Waals surface area contributed by atoms with Crippen LogP contribution in [-0.4, -0.2) is 67.2 Å². The molecule has 0 radical (unpaired) electrons. The lowest BCUT2D eigenvalue weighted by atomic mass is 9.83. The largest absolute Gasteiger partial charge is 0.383 e. The van der Waals surface area contributed by atoms with Crippen LogP contribution in [0, 0.1) is 5.92 Å². The van der Waals surface area contributed by atoms with E-state index >= 15 is 0 Å². The molecule has 2 aromatic heterocycles. The van der Waals surface area contributed by atoms with E-state index in [1.54, 1.807) is 13.3 Å². The van der Waals surface area contributed by atoms with E-state index < -0.39 is 0 Å². The summed E-state index contributed by atoms with van der Waals surface area (Å²) >= 11 is 6.57. The van der Waals surface area contributed by atoms with Gasteiger partial charge in [-0.25, -0.2) is 4.98 Å². The number of hydrogen-bond acceptors (Lipinski definition) is 7. The van der Waals surface area contributed by atoms with Crippen LogP contribution in [0.5, 0.6) is 0 Å². The Hall–Kier alpha value is -1.77. The average Bonchev–Trinajstić information content (AvgIpc) is 2.85. The van der Waals surface area contributed by atoms with Gasteiger partial charge in [0.05, 0.1) is 42.2 Å². The summed E-state index contributed by atoms with van der Waals surface area (Å²) in [5.74, 6) is 1.44. The second-order valence-electron chi connectivity index (χ2n) is 10.9. The van der Waals surface area contributed by atoms with Crippen LogP contribution < -0.4 is 10.6 Å². The number of hydrogen-bond donors (Lipinski definition) is 2. The zero-order chi connectivity index (χ0) is 25.5. The molecule has 2 N–H and O–H groups in total. The lowest BCUT2D eigenvalue weighted by Crippen LogP contribution is -2.45. The first-order chi connectivity index (χ1) is 17.3. The molecule has 206 valence electrons. The van der Waals surface area contributed by atoms with Crippen molar-refractivity contribution >= 4 is 17.4 Å². The summed E-state index contributed by atoms with van der Waals surface area (Å²) in [6.45, 7) is 8.87. The summed E-state index contributed by atoms with van der Waals surface area (Å²) in [7, 11) is 1.76. The van der Waals surface area contributed by atoms with Crippen LogP contribution in [-0.2, 0) is 20.6 Å². The predicted octanol–water partition coefficient (Wildman–Crippen LogP) is 5.76. The predicted molar refractivity (Wildman–Crippen MR) is 151 cm³/mol. The maximum atomic E-state index is 6.57. The zero-order valence-corrected chi connectivity index (χ0v) is 22.8. The van der Waals surface area contributed by atoms with Crippen molar-refractivity contribution in [2.45, 2.75) is 84.1 Å². The van der Waals surface area contributed by atoms with Gasteiger partial charge in [-0.05, 0) is 77.0 Å². The van der Waals surface area contributed by atoms with Gasteiger partial charge in [-0.2, -0.15) is 0 Å². The van der Waals surface area contributed by atoms with E-state index in [9.17, 15) is 0 Å². The van der Waals surface area contributed by atoms with Crippen LogP contribution in [0.25, 0.3) is 11.3 Å². The molecule has 2 aromatic rings. The third-order valence-electron chi connectivity index (χ3n) is 6.97. The van der Waals surface area contributed by atoms with Gasteiger partial charge < -0.3 is 24.8 Å². The van der Waals surface area contributed by atoms with E-state index in [-0.39, 0.29) is 19.1 Å². The molecule has 0 aromatic carbocycles. The highest BCUT2D eigenvalue weighted by Gasteiger charge is 2.29. The van der Waals surface area contributed by atoms with Crippen LogP contribution in [0.2, 0.25) is 5.02 Å². The smallest absolute Gasteiger partial charge is 0.126 e. The van der Waals surface area contributed by atoms with E-state index in [0.29, 0.717) is 42.8 Å². The molecule has 0 bridgehead atoms. The number of anilines is 1. The van der Waals surface area contributed by atoms with Gasteiger partial charge in [0, 0.05) is 43.2 Å². The Bertz CT molecular complexity index is 981. The van der Waals surface area contributed by atoms with Gasteiger partial charge in [-0.3, -0.25) is 4.98 Å². The van der Waals surface area contributed by atoms with E-state index in [1.807, 2.05) is 32.0 Å². The minimum atomic E-state index is -0.265. The normalized spacial score (nSPS) is 24.2. The summed E-state index contributed by atoms with van der Waals surface area (Å²) in [6, 6.07) is 9.05. The summed E-state index contributed by atoms with van der Waals surface area (Å²) in [5.41, 5.74) is 2.58. The Kier molecular flexibility index (Phi) is 11.2. The van der Waals surface area contributed by atoms with Crippen molar-refractivity contribution in [3.63, 3.8) is 0 Å². The Morgan fingerprint density at radius 1 is 1.22 bits per heavy atom. The first-order valence-electron chi connectivity index (χ1n) is 13.2. The van der Waals surface area contributed by atoms with Gasteiger partial charge in [0.2, 0.25) is 0 Å². The molecule has 3 heterocycles. The average molecular weight is 533 g/mol. The molecule has 8 heteroatoms. The lowest BCUT2D eigenvalue weighted by molar-refractivity contribution is -0.177. The van der Waals surface area contributed by atoms with E-state index in [1.165, 1.54) is 25.7 Å². The third-order valence-corrected chi connectivity index (χ3v) is 7.27. The van der Waals surface area contributed by atoms with Crippen molar-refractivity contribution in [1.82, 2.24) is 15.3 Å². The van der Waals surface area contributed by atoms with Crippen LogP contribution in [0.3, 0.4) is 0 Å². The SMILES string of the molecule is C.COC[C@@H](C)NC1CCC(Cc2cc(-c3cccc(NCC4COCC(C)(C)O4)n3)c(Cl)cn2)CC1. The van der Waals surface area contributed by atoms with Crippen LogP contribution in [0.15, 0.2) is 30.5 Å². The second-order valence-corrected chi connectivity index (χ2v) is 11.3. The van der Waals surface area contributed by atoms with E-state index in [0.717, 1.165) is 35.8 Å². The molecule has 2 aliphatic rings. The van der Waals surface area contributed by atoms with Crippen LogP contribution in [0.1, 0.15) is 59.6 Å². The number of ether oxygens (including phenoxy) is 3. The van der Waals surface area contributed by atoms with Crippen molar-refractivity contribution in [3.8, 4) is 11.3 Å². The Morgan fingerprint density at radius 2 is 2.00 bits per heavy atom. The lowest BCUT2D eigenvalue weighted by Gasteiger charge is -2.36. The molecule has 7 nitrogen and oxygen atoms in total. The van der Waals surface area contributed by atoms with Crippen molar-refractivity contribution in [2.75, 3.05) is 38.8 Å². The molecule has 2 fully saturated rings. The number of rotatable bonds is 10. The Morgan fingerprint density at radius 3 is 2.73 bits per heavy atom. The van der Waals surface area contributed by atoms with Gasteiger partial charge in [-0.15, -0.1) is 0 Å². The fourth-order valence-electron chi connectivity index (χ4n) is 5.28. The molecule has 1 saturated carbocycles. The first kappa shape index (κ1) is 29.8. The van der Waals surface area contributed by atoms with Gasteiger partial charge in [0.1, 0.15) is 5.82 Å². The topological polar surface area (TPSA) is 77.5 Å². The van der Waals surface area contributed by atoms with Crippen LogP contribution in [0.4, 0.5) is 5.82 Å². The Labute approximate surface area is 228 Å². The molecule has 4 rings (SSSR count). The number of pyridine rings is 2. The highest BCUT2D eigenvalue weighted by Crippen LogP contribution is 2.31. The fraction of sp³-hybridized carbons (Fsp3) is 0.655. The van der Waals surface area contributed by atoms with Gasteiger partial charge in [0.15, 0.2) is 0 Å². The highest BCUT2D eigenvalue weighted by molar-refractivity contribution is 6.33. The summed E-state index contributed by atoms with van der Waals surface area (Å²) in [4.78, 5) is 9.47. The maximum absolute atomic E-state index is 6.57. The molecule has 0 spiro atoms. The highest BCUT2D eigenvalue weighted by atomic mass is 35.5. The number of nitrogens with one attached hydrogen (secondary N) is 2. The summed E-state index contributed by atoms with van der Waals surface area (Å²) in [6.07, 6.45) is 7.53. The standard InChI is InChI=1S/C28H41ClN4O3.CH4/c1-19(16-34-4)32-21-10-8-20(9-11-21)12-22-13-24(25(29)15-30-22)26-6-5-7-27(33-26)31-14-23-17-35-18-28(2,3)36-23;/h5-7,13,15,19-21,23,32H,8-12,14,16-18H2,1-4H3,(H,31,33);1H4/t19-,20?,21?,23?;/m1./s1. The monoisotopic (exact) mass is 532 g/mol. The molecule has 1 aliphatic carbocycles. The third kappa shape index (κ3) is 8.89. The number of aromatic nitrogens is 2. The van der Waals surface area contributed by atoms with Gasteiger partial charge in [0.25, 0.3) is 0 Å². The number of nitrogens with zero attached hydrogens (tertiary/aromatic N) is 2. The molecular weight excluding hydrogens is 488 g/mol. The zero-order valence-electron chi connectivity index (χ0n) is 22.1.